The highest BCUT2D eigenvalue weighted by Crippen LogP contribution is 2.19. The molecule has 1 aromatic heterocycles. The van der Waals surface area contributed by atoms with Gasteiger partial charge in [0, 0.05) is 6.07 Å². The Bertz CT molecular complexity index is 1340. The minimum Gasteiger partial charge on any atom is -0.268 e. The average molecular weight is 399 g/mol. The zero-order chi connectivity index (χ0) is 21.1. The molecular formula is C22H17N5O3. The fraction of sp³-hybridized carbons (Fsp3) is 0.0455. The van der Waals surface area contributed by atoms with Gasteiger partial charge in [-0.05, 0) is 36.8 Å². The van der Waals surface area contributed by atoms with Gasteiger partial charge in [0.1, 0.15) is 0 Å². The van der Waals surface area contributed by atoms with Crippen LogP contribution in [-0.2, 0) is 0 Å². The van der Waals surface area contributed by atoms with Crippen LogP contribution in [0.25, 0.3) is 16.6 Å². The Labute approximate surface area is 171 Å². The Hall–Kier alpha value is -4.33. The number of nitro groups is 1. The molecule has 30 heavy (non-hydrogen) atoms. The first-order valence-corrected chi connectivity index (χ1v) is 9.16. The molecule has 0 bridgehead atoms. The fourth-order valence-electron chi connectivity index (χ4n) is 3.17. The highest BCUT2D eigenvalue weighted by molar-refractivity contribution is 5.85. The molecule has 0 spiro atoms. The predicted molar refractivity (Wildman–Crippen MR) is 116 cm³/mol. The number of nitrogens with zero attached hydrogens (tertiary/aromatic N) is 4. The first-order valence-electron chi connectivity index (χ1n) is 9.16. The van der Waals surface area contributed by atoms with Crippen molar-refractivity contribution in [2.75, 3.05) is 5.43 Å². The second-order valence-corrected chi connectivity index (χ2v) is 6.57. The van der Waals surface area contributed by atoms with Crippen LogP contribution in [0.2, 0.25) is 0 Å². The number of rotatable bonds is 5. The van der Waals surface area contributed by atoms with Gasteiger partial charge in [0.2, 0.25) is 5.95 Å². The molecule has 0 unspecified atom stereocenters. The Morgan fingerprint density at radius 1 is 1.03 bits per heavy atom. The lowest BCUT2D eigenvalue weighted by Gasteiger charge is -2.14. The van der Waals surface area contributed by atoms with E-state index in [4.69, 9.17) is 0 Å². The summed E-state index contributed by atoms with van der Waals surface area (Å²) in [6.07, 6.45) is 1.33. The smallest absolute Gasteiger partial charge is 0.268 e. The molecule has 0 atom stereocenters. The van der Waals surface area contributed by atoms with Crippen molar-refractivity contribution < 1.29 is 4.92 Å². The summed E-state index contributed by atoms with van der Waals surface area (Å²) < 4.78 is 1.45. The van der Waals surface area contributed by atoms with Crippen LogP contribution in [0, 0.1) is 17.0 Å². The van der Waals surface area contributed by atoms with E-state index in [1.807, 2.05) is 31.2 Å². The normalized spacial score (nSPS) is 11.1. The number of para-hydroxylation sites is 3. The van der Waals surface area contributed by atoms with Crippen molar-refractivity contribution in [2.24, 2.45) is 5.10 Å². The number of nitrogens with one attached hydrogen (secondary N) is 1. The molecule has 0 aliphatic heterocycles. The number of nitro benzene ring substituents is 1. The van der Waals surface area contributed by atoms with Crippen molar-refractivity contribution in [1.29, 1.82) is 0 Å². The van der Waals surface area contributed by atoms with Gasteiger partial charge in [0.05, 0.1) is 33.3 Å². The Morgan fingerprint density at radius 3 is 2.53 bits per heavy atom. The molecule has 8 heteroatoms. The van der Waals surface area contributed by atoms with Crippen molar-refractivity contribution in [3.05, 3.63) is 104 Å². The van der Waals surface area contributed by atoms with Crippen molar-refractivity contribution >= 4 is 28.8 Å². The molecule has 0 aliphatic carbocycles. The number of aryl methyl sites for hydroxylation is 1. The highest BCUT2D eigenvalue weighted by Gasteiger charge is 2.14. The van der Waals surface area contributed by atoms with Gasteiger partial charge in [-0.1, -0.05) is 42.5 Å². The molecule has 0 amide bonds. The van der Waals surface area contributed by atoms with E-state index in [0.717, 1.165) is 5.56 Å². The topological polar surface area (TPSA) is 102 Å². The van der Waals surface area contributed by atoms with Crippen LogP contribution < -0.4 is 11.0 Å². The molecule has 0 radical (unpaired) electrons. The van der Waals surface area contributed by atoms with Gasteiger partial charge < -0.3 is 0 Å². The van der Waals surface area contributed by atoms with Crippen molar-refractivity contribution in [2.45, 2.75) is 6.92 Å². The lowest BCUT2D eigenvalue weighted by molar-refractivity contribution is -0.385. The van der Waals surface area contributed by atoms with Crippen LogP contribution in [0.4, 0.5) is 11.6 Å². The van der Waals surface area contributed by atoms with Crippen molar-refractivity contribution in [3.63, 3.8) is 0 Å². The van der Waals surface area contributed by atoms with Crippen LogP contribution in [0.5, 0.6) is 0 Å². The van der Waals surface area contributed by atoms with E-state index in [0.29, 0.717) is 22.2 Å². The van der Waals surface area contributed by atoms with Gasteiger partial charge in [-0.3, -0.25) is 14.9 Å². The minimum absolute atomic E-state index is 0.0641. The Kier molecular flexibility index (Phi) is 5.04. The molecule has 0 saturated carbocycles. The predicted octanol–water partition coefficient (Wildman–Crippen LogP) is 4.05. The van der Waals surface area contributed by atoms with Gasteiger partial charge >= 0.3 is 0 Å². The highest BCUT2D eigenvalue weighted by atomic mass is 16.6. The summed E-state index contributed by atoms with van der Waals surface area (Å²) in [4.78, 5) is 28.5. The molecule has 0 aliphatic rings. The van der Waals surface area contributed by atoms with E-state index in [1.54, 1.807) is 42.5 Å². The fourth-order valence-corrected chi connectivity index (χ4v) is 3.17. The quantitative estimate of drug-likeness (QED) is 0.310. The Balaban J connectivity index is 1.83. The second-order valence-electron chi connectivity index (χ2n) is 6.57. The lowest BCUT2D eigenvalue weighted by Crippen LogP contribution is -2.23. The van der Waals surface area contributed by atoms with E-state index in [2.05, 4.69) is 15.5 Å². The summed E-state index contributed by atoms with van der Waals surface area (Å²) in [6, 6.07) is 20.8. The number of anilines is 1. The van der Waals surface area contributed by atoms with Crippen LogP contribution in [0.15, 0.2) is 82.7 Å². The lowest BCUT2D eigenvalue weighted by atomic mass is 10.2. The number of hydrazone groups is 1. The molecular weight excluding hydrogens is 382 g/mol. The first-order chi connectivity index (χ1) is 14.6. The van der Waals surface area contributed by atoms with Gasteiger partial charge in [-0.15, -0.1) is 0 Å². The summed E-state index contributed by atoms with van der Waals surface area (Å²) in [5.74, 6) is 0.211. The third-order valence-electron chi connectivity index (χ3n) is 4.63. The van der Waals surface area contributed by atoms with E-state index in [1.165, 1.54) is 16.8 Å². The number of fused-ring (bicyclic) bond motifs is 1. The molecule has 0 saturated heterocycles. The molecule has 148 valence electrons. The maximum atomic E-state index is 13.2. The molecule has 1 heterocycles. The van der Waals surface area contributed by atoms with E-state index < -0.39 is 4.92 Å². The van der Waals surface area contributed by atoms with Gasteiger partial charge in [-0.25, -0.2) is 15.0 Å². The summed E-state index contributed by atoms with van der Waals surface area (Å²) in [5.41, 5.74) is 4.90. The molecule has 8 nitrogen and oxygen atoms in total. The zero-order valence-corrected chi connectivity index (χ0v) is 16.0. The third-order valence-corrected chi connectivity index (χ3v) is 4.63. The van der Waals surface area contributed by atoms with E-state index in [-0.39, 0.29) is 17.2 Å². The summed E-state index contributed by atoms with van der Waals surface area (Å²) >= 11 is 0. The van der Waals surface area contributed by atoms with E-state index >= 15 is 0 Å². The van der Waals surface area contributed by atoms with Crippen molar-refractivity contribution in [3.8, 4) is 5.69 Å². The number of benzene rings is 3. The summed E-state index contributed by atoms with van der Waals surface area (Å²) in [6.45, 7) is 1.90. The first kappa shape index (κ1) is 19.0. The van der Waals surface area contributed by atoms with Crippen LogP contribution >= 0.6 is 0 Å². The van der Waals surface area contributed by atoms with Gasteiger partial charge in [-0.2, -0.15) is 5.10 Å². The summed E-state index contributed by atoms with van der Waals surface area (Å²) in [7, 11) is 0. The number of hydrogen-bond donors (Lipinski definition) is 1. The standard InChI is InChI=1S/C22H17N5O3/c1-15-8-2-6-12-19(15)26-21(28)17-10-4-5-11-18(17)24-22(26)25-23-14-16-9-3-7-13-20(16)27(29)30/h2-14H,1H3,(H,24,25)/b23-14+. The molecule has 0 fully saturated rings. The van der Waals surface area contributed by atoms with Crippen LogP contribution in [-0.4, -0.2) is 20.7 Å². The molecule has 4 aromatic rings. The van der Waals surface area contributed by atoms with Gasteiger partial charge in [0.15, 0.2) is 0 Å². The monoisotopic (exact) mass is 399 g/mol. The van der Waals surface area contributed by atoms with E-state index in [9.17, 15) is 14.9 Å². The molecule has 4 rings (SSSR count). The van der Waals surface area contributed by atoms with Crippen LogP contribution in [0.3, 0.4) is 0 Å². The SMILES string of the molecule is Cc1ccccc1-n1c(N/N=C/c2ccccc2[N+](=O)[O-])nc2ccccc2c1=O. The number of aromatic nitrogens is 2. The average Bonchev–Trinajstić information content (AvgIpc) is 2.75. The molecule has 3 aromatic carbocycles. The molecule has 1 N–H and O–H groups in total. The minimum atomic E-state index is -0.473. The summed E-state index contributed by atoms with van der Waals surface area (Å²) in [5, 5.41) is 15.8. The van der Waals surface area contributed by atoms with Crippen molar-refractivity contribution in [1.82, 2.24) is 9.55 Å². The Morgan fingerprint density at radius 2 is 1.73 bits per heavy atom. The number of hydrogen-bond acceptors (Lipinski definition) is 6. The maximum absolute atomic E-state index is 13.2. The third kappa shape index (κ3) is 3.53. The second kappa shape index (κ2) is 7.96. The van der Waals surface area contributed by atoms with Gasteiger partial charge in [0.25, 0.3) is 11.2 Å². The van der Waals surface area contributed by atoms with Crippen LogP contribution in [0.1, 0.15) is 11.1 Å². The zero-order valence-electron chi connectivity index (χ0n) is 16.0. The maximum Gasteiger partial charge on any atom is 0.278 e. The largest absolute Gasteiger partial charge is 0.278 e.